The second kappa shape index (κ2) is 9.56. The van der Waals surface area contributed by atoms with Crippen LogP contribution in [-0.4, -0.2) is 43.5 Å². The van der Waals surface area contributed by atoms with Crippen molar-refractivity contribution in [3.63, 3.8) is 0 Å². The zero-order valence-electron chi connectivity index (χ0n) is 15.0. The minimum absolute atomic E-state index is 0.118. The number of carbonyl (C=O) groups excluding carboxylic acids is 2. The Morgan fingerprint density at radius 2 is 1.77 bits per heavy atom. The van der Waals surface area contributed by atoms with E-state index in [2.05, 4.69) is 5.32 Å². The smallest absolute Gasteiger partial charge is 0.255 e. The van der Waals surface area contributed by atoms with Crippen LogP contribution in [0.5, 0.6) is 5.75 Å². The SMILES string of the molecule is COc1ccccc1C(=O)NCCN(CCc1ccccc1F)C(C)=O. The molecule has 0 aliphatic heterocycles. The van der Waals surface area contributed by atoms with Gasteiger partial charge in [0.1, 0.15) is 11.6 Å². The highest BCUT2D eigenvalue weighted by Crippen LogP contribution is 2.16. The number of ether oxygens (including phenoxy) is 1. The summed E-state index contributed by atoms with van der Waals surface area (Å²) in [7, 11) is 1.51. The molecule has 26 heavy (non-hydrogen) atoms. The first-order chi connectivity index (χ1) is 12.5. The number of nitrogens with one attached hydrogen (secondary N) is 1. The molecule has 0 fully saturated rings. The van der Waals surface area contributed by atoms with Crippen LogP contribution in [0.2, 0.25) is 0 Å². The van der Waals surface area contributed by atoms with Crippen molar-refractivity contribution in [3.05, 3.63) is 65.5 Å². The van der Waals surface area contributed by atoms with Gasteiger partial charge in [0.05, 0.1) is 12.7 Å². The summed E-state index contributed by atoms with van der Waals surface area (Å²) in [4.78, 5) is 25.6. The fraction of sp³-hybridized carbons (Fsp3) is 0.300. The number of hydrogen-bond donors (Lipinski definition) is 1. The lowest BCUT2D eigenvalue weighted by Gasteiger charge is -2.21. The van der Waals surface area contributed by atoms with Crippen molar-refractivity contribution in [3.8, 4) is 5.75 Å². The molecule has 2 amide bonds. The molecule has 0 radical (unpaired) electrons. The van der Waals surface area contributed by atoms with E-state index in [0.29, 0.717) is 42.9 Å². The van der Waals surface area contributed by atoms with Gasteiger partial charge in [-0.3, -0.25) is 9.59 Å². The van der Waals surface area contributed by atoms with Gasteiger partial charge in [-0.15, -0.1) is 0 Å². The van der Waals surface area contributed by atoms with E-state index in [1.54, 1.807) is 47.4 Å². The van der Waals surface area contributed by atoms with Crippen molar-refractivity contribution < 1.29 is 18.7 Å². The van der Waals surface area contributed by atoms with E-state index in [1.165, 1.54) is 20.1 Å². The first kappa shape index (κ1) is 19.4. The van der Waals surface area contributed by atoms with Crippen molar-refractivity contribution in [2.75, 3.05) is 26.7 Å². The Hall–Kier alpha value is -2.89. The van der Waals surface area contributed by atoms with Gasteiger partial charge in [0.15, 0.2) is 0 Å². The first-order valence-electron chi connectivity index (χ1n) is 8.43. The number of benzene rings is 2. The molecule has 0 aliphatic rings. The highest BCUT2D eigenvalue weighted by Gasteiger charge is 2.13. The molecule has 0 unspecified atom stereocenters. The molecule has 0 saturated carbocycles. The number of para-hydroxylation sites is 1. The Kier molecular flexibility index (Phi) is 7.14. The lowest BCUT2D eigenvalue weighted by molar-refractivity contribution is -0.128. The van der Waals surface area contributed by atoms with Gasteiger partial charge in [0.25, 0.3) is 5.91 Å². The molecule has 6 heteroatoms. The molecular formula is C20H23FN2O3. The molecule has 1 N–H and O–H groups in total. The Morgan fingerprint density at radius 3 is 2.46 bits per heavy atom. The monoisotopic (exact) mass is 358 g/mol. The Bertz CT molecular complexity index is 764. The van der Waals surface area contributed by atoms with E-state index in [-0.39, 0.29) is 17.6 Å². The minimum atomic E-state index is -0.277. The fourth-order valence-electron chi connectivity index (χ4n) is 2.62. The quantitative estimate of drug-likeness (QED) is 0.789. The normalized spacial score (nSPS) is 10.3. The largest absolute Gasteiger partial charge is 0.496 e. The van der Waals surface area contributed by atoms with E-state index >= 15 is 0 Å². The Morgan fingerprint density at radius 1 is 1.08 bits per heavy atom. The molecule has 0 aliphatic carbocycles. The van der Waals surface area contributed by atoms with Crippen LogP contribution in [0.1, 0.15) is 22.8 Å². The van der Waals surface area contributed by atoms with E-state index < -0.39 is 0 Å². The van der Waals surface area contributed by atoms with Crippen LogP contribution in [0.25, 0.3) is 0 Å². The molecule has 0 bridgehead atoms. The molecular weight excluding hydrogens is 335 g/mol. The summed E-state index contributed by atoms with van der Waals surface area (Å²) in [6.07, 6.45) is 0.423. The number of amides is 2. The van der Waals surface area contributed by atoms with E-state index in [1.807, 2.05) is 0 Å². The third kappa shape index (κ3) is 5.31. The van der Waals surface area contributed by atoms with Crippen LogP contribution in [0.15, 0.2) is 48.5 Å². The third-order valence-electron chi connectivity index (χ3n) is 4.07. The zero-order valence-corrected chi connectivity index (χ0v) is 15.0. The molecule has 0 saturated heterocycles. The first-order valence-corrected chi connectivity index (χ1v) is 8.43. The zero-order chi connectivity index (χ0) is 18.9. The van der Waals surface area contributed by atoms with Gasteiger partial charge in [-0.2, -0.15) is 0 Å². The van der Waals surface area contributed by atoms with E-state index in [9.17, 15) is 14.0 Å². The highest BCUT2D eigenvalue weighted by molar-refractivity contribution is 5.96. The topological polar surface area (TPSA) is 58.6 Å². The van der Waals surface area contributed by atoms with Crippen LogP contribution in [0.3, 0.4) is 0 Å². The number of hydrogen-bond acceptors (Lipinski definition) is 3. The summed E-state index contributed by atoms with van der Waals surface area (Å²) >= 11 is 0. The predicted octanol–water partition coefficient (Wildman–Crippen LogP) is 2.66. The van der Waals surface area contributed by atoms with Gasteiger partial charge in [-0.25, -0.2) is 4.39 Å². The van der Waals surface area contributed by atoms with Gasteiger partial charge in [0.2, 0.25) is 5.91 Å². The summed E-state index contributed by atoms with van der Waals surface area (Å²) < 4.78 is 18.9. The maximum absolute atomic E-state index is 13.7. The molecule has 2 aromatic rings. The summed E-state index contributed by atoms with van der Waals surface area (Å²) in [6.45, 7) is 2.50. The van der Waals surface area contributed by atoms with Crippen molar-refractivity contribution in [2.24, 2.45) is 0 Å². The van der Waals surface area contributed by atoms with Gasteiger partial charge >= 0.3 is 0 Å². The lowest BCUT2D eigenvalue weighted by atomic mass is 10.1. The average Bonchev–Trinajstić information content (AvgIpc) is 2.65. The predicted molar refractivity (Wildman–Crippen MR) is 97.7 cm³/mol. The van der Waals surface area contributed by atoms with Crippen molar-refractivity contribution in [1.82, 2.24) is 10.2 Å². The molecule has 138 valence electrons. The van der Waals surface area contributed by atoms with Gasteiger partial charge in [-0.1, -0.05) is 30.3 Å². The van der Waals surface area contributed by atoms with Gasteiger partial charge in [-0.05, 0) is 30.2 Å². The van der Waals surface area contributed by atoms with Crippen LogP contribution in [0, 0.1) is 5.82 Å². The maximum atomic E-state index is 13.7. The molecule has 0 aromatic heterocycles. The van der Waals surface area contributed by atoms with Crippen molar-refractivity contribution >= 4 is 11.8 Å². The summed E-state index contributed by atoms with van der Waals surface area (Å²) in [6, 6.07) is 13.4. The fourth-order valence-corrected chi connectivity index (χ4v) is 2.62. The lowest BCUT2D eigenvalue weighted by Crippen LogP contribution is -2.38. The third-order valence-corrected chi connectivity index (χ3v) is 4.07. The average molecular weight is 358 g/mol. The standard InChI is InChI=1S/C20H23FN2O3/c1-15(24)23(13-11-16-7-3-5-9-18(16)21)14-12-22-20(25)17-8-4-6-10-19(17)26-2/h3-10H,11-14H2,1-2H3,(H,22,25). The van der Waals surface area contributed by atoms with Crippen LogP contribution < -0.4 is 10.1 Å². The molecule has 0 spiro atoms. The summed E-state index contributed by atoms with van der Waals surface area (Å²) in [5.74, 6) is -0.165. The molecule has 0 atom stereocenters. The Balaban J connectivity index is 1.87. The van der Waals surface area contributed by atoms with Crippen LogP contribution in [0.4, 0.5) is 4.39 Å². The van der Waals surface area contributed by atoms with Crippen molar-refractivity contribution in [1.29, 1.82) is 0 Å². The molecule has 2 aromatic carbocycles. The number of nitrogens with zero attached hydrogens (tertiary/aromatic N) is 1. The van der Waals surface area contributed by atoms with Crippen molar-refractivity contribution in [2.45, 2.75) is 13.3 Å². The van der Waals surface area contributed by atoms with E-state index in [4.69, 9.17) is 4.74 Å². The van der Waals surface area contributed by atoms with Gasteiger partial charge < -0.3 is 15.0 Å². The molecule has 0 heterocycles. The second-order valence-electron chi connectivity index (χ2n) is 5.80. The summed E-state index contributed by atoms with van der Waals surface area (Å²) in [5, 5.41) is 2.78. The molecule has 2 rings (SSSR count). The second-order valence-corrected chi connectivity index (χ2v) is 5.80. The molecule has 5 nitrogen and oxygen atoms in total. The van der Waals surface area contributed by atoms with E-state index in [0.717, 1.165) is 0 Å². The van der Waals surface area contributed by atoms with Crippen LogP contribution >= 0.6 is 0 Å². The van der Waals surface area contributed by atoms with Crippen LogP contribution in [-0.2, 0) is 11.2 Å². The number of rotatable bonds is 8. The summed E-state index contributed by atoms with van der Waals surface area (Å²) in [5.41, 5.74) is 1.01. The maximum Gasteiger partial charge on any atom is 0.255 e. The number of methoxy groups -OCH3 is 1. The number of carbonyl (C=O) groups is 2. The van der Waals surface area contributed by atoms with Gasteiger partial charge in [0, 0.05) is 26.6 Å². The minimum Gasteiger partial charge on any atom is -0.496 e. The highest BCUT2D eigenvalue weighted by atomic mass is 19.1. The Labute approximate surface area is 152 Å². The number of halogens is 1.